The van der Waals surface area contributed by atoms with Crippen molar-refractivity contribution in [2.75, 3.05) is 12.5 Å². The van der Waals surface area contributed by atoms with Gasteiger partial charge in [0.05, 0.1) is 12.5 Å². The van der Waals surface area contributed by atoms with E-state index in [0.717, 1.165) is 12.5 Å². The molecule has 0 aromatic heterocycles. The first-order valence-corrected chi connectivity index (χ1v) is 5.92. The van der Waals surface area contributed by atoms with Crippen LogP contribution in [0.1, 0.15) is 0 Å². The SMILES string of the molecule is CS(=O)(=O)C#CS(C)(=O)=O. The highest BCUT2D eigenvalue weighted by atomic mass is 32.2. The molecule has 0 aliphatic rings. The van der Waals surface area contributed by atoms with Crippen molar-refractivity contribution in [2.45, 2.75) is 0 Å². The van der Waals surface area contributed by atoms with E-state index >= 15 is 0 Å². The van der Waals surface area contributed by atoms with Crippen molar-refractivity contribution in [1.29, 1.82) is 0 Å². The summed E-state index contributed by atoms with van der Waals surface area (Å²) < 4.78 is 41.0. The molecule has 6 heteroatoms. The Morgan fingerprint density at radius 3 is 1.10 bits per heavy atom. The van der Waals surface area contributed by atoms with E-state index in [9.17, 15) is 16.8 Å². The van der Waals surface area contributed by atoms with Gasteiger partial charge < -0.3 is 0 Å². The maximum Gasteiger partial charge on any atom is 0.214 e. The van der Waals surface area contributed by atoms with Crippen LogP contribution in [0.5, 0.6) is 0 Å². The van der Waals surface area contributed by atoms with E-state index in [0.29, 0.717) is 0 Å². The lowest BCUT2D eigenvalue weighted by atomic mass is 11.4. The van der Waals surface area contributed by atoms with Crippen LogP contribution in [-0.2, 0) is 19.7 Å². The summed E-state index contributed by atoms with van der Waals surface area (Å²) in [5.41, 5.74) is 0. The molecule has 0 unspecified atom stereocenters. The Bertz CT molecular complexity index is 325. The highest BCUT2D eigenvalue weighted by Gasteiger charge is 1.96. The molecule has 10 heavy (non-hydrogen) atoms. The Labute approximate surface area is 60.1 Å². The summed E-state index contributed by atoms with van der Waals surface area (Å²) in [4.78, 5) is 0. The second kappa shape index (κ2) is 2.60. The summed E-state index contributed by atoms with van der Waals surface area (Å²) in [6.07, 6.45) is 1.68. The Kier molecular flexibility index (Phi) is 2.46. The van der Waals surface area contributed by atoms with Crippen molar-refractivity contribution in [3.05, 3.63) is 0 Å². The van der Waals surface area contributed by atoms with Gasteiger partial charge in [0.25, 0.3) is 0 Å². The zero-order valence-corrected chi connectivity index (χ0v) is 7.08. The zero-order chi connectivity index (χ0) is 8.41. The molecule has 0 aliphatic carbocycles. The molecule has 0 aromatic rings. The van der Waals surface area contributed by atoms with Crippen molar-refractivity contribution in [3.63, 3.8) is 0 Å². The van der Waals surface area contributed by atoms with Crippen LogP contribution in [0.25, 0.3) is 0 Å². The van der Waals surface area contributed by atoms with Crippen LogP contribution in [0.3, 0.4) is 0 Å². The van der Waals surface area contributed by atoms with Crippen LogP contribution >= 0.6 is 0 Å². The summed E-state index contributed by atoms with van der Waals surface area (Å²) in [5, 5.41) is 3.19. The topological polar surface area (TPSA) is 68.3 Å². The summed E-state index contributed by atoms with van der Waals surface area (Å²) in [5.74, 6) is 0. The summed E-state index contributed by atoms with van der Waals surface area (Å²) >= 11 is 0. The Balaban J connectivity index is 4.87. The third-order valence-electron chi connectivity index (χ3n) is 0.412. The Morgan fingerprint density at radius 2 is 1.00 bits per heavy atom. The van der Waals surface area contributed by atoms with Crippen molar-refractivity contribution >= 4 is 19.7 Å². The summed E-state index contributed by atoms with van der Waals surface area (Å²) in [6, 6.07) is 0. The van der Waals surface area contributed by atoms with Gasteiger partial charge in [-0.1, -0.05) is 0 Å². The highest BCUT2D eigenvalue weighted by molar-refractivity contribution is 7.98. The maximum absolute atomic E-state index is 10.2. The predicted octanol–water partition coefficient (Wildman–Crippen LogP) is -1.01. The average molecular weight is 182 g/mol. The molecule has 0 amide bonds. The van der Waals surface area contributed by atoms with Crippen LogP contribution < -0.4 is 0 Å². The van der Waals surface area contributed by atoms with Gasteiger partial charge in [0, 0.05) is 10.5 Å². The molecule has 0 saturated carbocycles. The number of sulfone groups is 2. The van der Waals surface area contributed by atoms with Crippen molar-refractivity contribution in [3.8, 4) is 10.5 Å². The van der Waals surface area contributed by atoms with Gasteiger partial charge in [-0.15, -0.1) is 0 Å². The molecule has 0 aromatic carbocycles. The fourth-order valence-corrected chi connectivity index (χ4v) is 1.36. The van der Waals surface area contributed by atoms with Crippen molar-refractivity contribution in [1.82, 2.24) is 0 Å². The van der Waals surface area contributed by atoms with Crippen LogP contribution in [0, 0.1) is 10.5 Å². The predicted molar refractivity (Wildman–Crippen MR) is 37.5 cm³/mol. The molecule has 0 rings (SSSR count). The van der Waals surface area contributed by atoms with Crippen LogP contribution in [0.15, 0.2) is 0 Å². The Morgan fingerprint density at radius 1 is 0.800 bits per heavy atom. The number of hydrogen-bond donors (Lipinski definition) is 0. The summed E-state index contributed by atoms with van der Waals surface area (Å²) in [6.45, 7) is 0. The maximum atomic E-state index is 10.2. The first kappa shape index (κ1) is 9.46. The molecular weight excluding hydrogens is 176 g/mol. The third-order valence-corrected chi connectivity index (χ3v) is 1.49. The minimum absolute atomic E-state index is 0.838. The van der Waals surface area contributed by atoms with Crippen molar-refractivity contribution in [2.24, 2.45) is 0 Å². The third kappa shape index (κ3) is 7.46. The van der Waals surface area contributed by atoms with E-state index in [1.54, 1.807) is 10.5 Å². The zero-order valence-electron chi connectivity index (χ0n) is 5.45. The number of hydrogen-bond acceptors (Lipinski definition) is 4. The standard InChI is InChI=1S/C4H6O4S2/c1-9(5,6)3-4-10(2,7)8/h1-2H3. The lowest BCUT2D eigenvalue weighted by Crippen LogP contribution is -1.94. The minimum atomic E-state index is -3.50. The van der Waals surface area contributed by atoms with Gasteiger partial charge in [-0.25, -0.2) is 16.8 Å². The van der Waals surface area contributed by atoms with Gasteiger partial charge >= 0.3 is 0 Å². The first-order valence-electron chi connectivity index (χ1n) is 2.14. The highest BCUT2D eigenvalue weighted by Crippen LogP contribution is 1.80. The van der Waals surface area contributed by atoms with E-state index < -0.39 is 19.7 Å². The second-order valence-corrected chi connectivity index (χ2v) is 5.25. The minimum Gasteiger partial charge on any atom is -0.216 e. The molecule has 0 heterocycles. The Hall–Kier alpha value is -0.540. The molecule has 0 fully saturated rings. The van der Waals surface area contributed by atoms with Gasteiger partial charge in [0.15, 0.2) is 0 Å². The number of rotatable bonds is 0. The normalized spacial score (nSPS) is 11.8. The molecular formula is C4H6O4S2. The molecule has 0 N–H and O–H groups in total. The van der Waals surface area contributed by atoms with E-state index in [1.807, 2.05) is 0 Å². The molecule has 0 saturated heterocycles. The van der Waals surface area contributed by atoms with Crippen LogP contribution in [-0.4, -0.2) is 29.3 Å². The smallest absolute Gasteiger partial charge is 0.214 e. The van der Waals surface area contributed by atoms with Gasteiger partial charge in [-0.3, -0.25) is 0 Å². The van der Waals surface area contributed by atoms with Gasteiger partial charge in [0.2, 0.25) is 19.7 Å². The van der Waals surface area contributed by atoms with E-state index in [4.69, 9.17) is 0 Å². The van der Waals surface area contributed by atoms with Crippen molar-refractivity contribution < 1.29 is 16.8 Å². The van der Waals surface area contributed by atoms with E-state index in [-0.39, 0.29) is 0 Å². The van der Waals surface area contributed by atoms with E-state index in [1.165, 1.54) is 0 Å². The fourth-order valence-electron chi connectivity index (χ4n) is 0.151. The molecule has 0 spiro atoms. The first-order chi connectivity index (χ1) is 4.21. The molecule has 0 bridgehead atoms. The molecule has 4 nitrogen and oxygen atoms in total. The van der Waals surface area contributed by atoms with Gasteiger partial charge in [-0.2, -0.15) is 0 Å². The fraction of sp³-hybridized carbons (Fsp3) is 0.500. The quantitative estimate of drug-likeness (QED) is 0.450. The molecule has 58 valence electrons. The van der Waals surface area contributed by atoms with Gasteiger partial charge in [0.1, 0.15) is 0 Å². The molecule has 0 aliphatic heterocycles. The average Bonchev–Trinajstić information content (AvgIpc) is 1.57. The lowest BCUT2D eigenvalue weighted by molar-refractivity contribution is 0.608. The molecule has 0 radical (unpaired) electrons. The van der Waals surface area contributed by atoms with Gasteiger partial charge in [-0.05, 0) is 0 Å². The second-order valence-electron chi connectivity index (χ2n) is 1.75. The van der Waals surface area contributed by atoms with Crippen LogP contribution in [0.4, 0.5) is 0 Å². The van der Waals surface area contributed by atoms with E-state index in [2.05, 4.69) is 0 Å². The largest absolute Gasteiger partial charge is 0.216 e. The summed E-state index contributed by atoms with van der Waals surface area (Å²) in [7, 11) is -7.00. The molecule has 0 atom stereocenters. The lowest BCUT2D eigenvalue weighted by Gasteiger charge is -1.78. The monoisotopic (exact) mass is 182 g/mol. The van der Waals surface area contributed by atoms with Crippen LogP contribution in [0.2, 0.25) is 0 Å².